The van der Waals surface area contributed by atoms with Crippen molar-refractivity contribution in [2.45, 2.75) is 20.8 Å². The van der Waals surface area contributed by atoms with E-state index in [-0.39, 0.29) is 5.75 Å². The van der Waals surface area contributed by atoms with Crippen LogP contribution in [-0.4, -0.2) is 11.5 Å². The van der Waals surface area contributed by atoms with Gasteiger partial charge in [-0.15, -0.1) is 0 Å². The van der Waals surface area contributed by atoms with E-state index in [1.807, 2.05) is 20.8 Å². The molecule has 72 valence electrons. The number of anilines is 1. The Morgan fingerprint density at radius 3 is 2.54 bits per heavy atom. The molecular weight excluding hydrogens is 166 g/mol. The van der Waals surface area contributed by atoms with Crippen LogP contribution in [0.3, 0.4) is 0 Å². The summed E-state index contributed by atoms with van der Waals surface area (Å²) in [6.07, 6.45) is 0.536. The van der Waals surface area contributed by atoms with E-state index in [1.165, 1.54) is 0 Å². The molecule has 13 heavy (non-hydrogen) atoms. The van der Waals surface area contributed by atoms with Gasteiger partial charge in [0.15, 0.2) is 0 Å². The van der Waals surface area contributed by atoms with E-state index in [0.717, 1.165) is 5.56 Å². The van der Waals surface area contributed by atoms with Gasteiger partial charge in [-0.1, -0.05) is 19.9 Å². The molecule has 0 bridgehead atoms. The third-order valence-corrected chi connectivity index (χ3v) is 1.37. The Labute approximate surface area is 78.4 Å². The van der Waals surface area contributed by atoms with Crippen LogP contribution in [0.4, 0.5) is 5.69 Å². The molecule has 1 amide bonds. The van der Waals surface area contributed by atoms with Crippen LogP contribution < -0.4 is 5.32 Å². The number of phenolic OH excluding ortho intramolecular Hbond substituents is 1. The average molecular weight is 181 g/mol. The molecule has 3 nitrogen and oxygen atoms in total. The Morgan fingerprint density at radius 1 is 1.38 bits per heavy atom. The van der Waals surface area contributed by atoms with Gasteiger partial charge in [-0.2, -0.15) is 0 Å². The van der Waals surface area contributed by atoms with E-state index >= 15 is 0 Å². The fourth-order valence-electron chi connectivity index (χ4n) is 0.829. The molecule has 1 aromatic carbocycles. The molecule has 1 rings (SSSR count). The van der Waals surface area contributed by atoms with Crippen molar-refractivity contribution in [2.75, 3.05) is 5.32 Å². The van der Waals surface area contributed by atoms with Crippen molar-refractivity contribution in [2.24, 2.45) is 0 Å². The standard InChI is InChI=1S/C8H9NO2.C2H6/c1-6-2-3-8(11)7(4-6)9-5-10;1-2/h2-5,11H,1H3,(H,9,10);1-2H3. The van der Waals surface area contributed by atoms with Crippen LogP contribution in [0, 0.1) is 6.92 Å². The summed E-state index contributed by atoms with van der Waals surface area (Å²) in [5, 5.41) is 11.5. The molecule has 0 saturated heterocycles. The largest absolute Gasteiger partial charge is 0.506 e. The third-order valence-electron chi connectivity index (χ3n) is 1.37. The minimum atomic E-state index is 0.0858. The van der Waals surface area contributed by atoms with Gasteiger partial charge in [-0.25, -0.2) is 0 Å². The maximum atomic E-state index is 10.0. The van der Waals surface area contributed by atoms with Crippen molar-refractivity contribution in [3.63, 3.8) is 0 Å². The molecule has 0 atom stereocenters. The summed E-state index contributed by atoms with van der Waals surface area (Å²) >= 11 is 0. The van der Waals surface area contributed by atoms with Gasteiger partial charge < -0.3 is 10.4 Å². The lowest BCUT2D eigenvalue weighted by Crippen LogP contribution is -1.93. The Hall–Kier alpha value is -1.51. The minimum Gasteiger partial charge on any atom is -0.506 e. The number of carbonyl (C=O) groups excluding carboxylic acids is 1. The van der Waals surface area contributed by atoms with Crippen LogP contribution in [0.5, 0.6) is 5.75 Å². The zero-order chi connectivity index (χ0) is 10.3. The second-order valence-electron chi connectivity index (χ2n) is 2.28. The van der Waals surface area contributed by atoms with Gasteiger partial charge in [0.25, 0.3) is 0 Å². The van der Waals surface area contributed by atoms with Crippen molar-refractivity contribution in [3.05, 3.63) is 23.8 Å². The Balaban J connectivity index is 0.000000671. The highest BCUT2D eigenvalue weighted by Gasteiger charge is 1.97. The molecule has 0 heterocycles. The van der Waals surface area contributed by atoms with E-state index < -0.39 is 0 Å². The third kappa shape index (κ3) is 3.60. The quantitative estimate of drug-likeness (QED) is 0.543. The summed E-state index contributed by atoms with van der Waals surface area (Å²) < 4.78 is 0. The summed E-state index contributed by atoms with van der Waals surface area (Å²) in [5.41, 5.74) is 1.44. The number of phenols is 1. The lowest BCUT2D eigenvalue weighted by molar-refractivity contribution is -0.105. The zero-order valence-corrected chi connectivity index (χ0v) is 8.16. The Morgan fingerprint density at radius 2 is 2.00 bits per heavy atom. The summed E-state index contributed by atoms with van der Waals surface area (Å²) in [6.45, 7) is 5.88. The molecule has 0 spiro atoms. The Kier molecular flexibility index (Phi) is 5.35. The minimum absolute atomic E-state index is 0.0858. The fourth-order valence-corrected chi connectivity index (χ4v) is 0.829. The number of carbonyl (C=O) groups is 1. The molecular formula is C10H15NO2. The van der Waals surface area contributed by atoms with Crippen molar-refractivity contribution in [3.8, 4) is 5.75 Å². The van der Waals surface area contributed by atoms with Crippen LogP contribution in [0.2, 0.25) is 0 Å². The van der Waals surface area contributed by atoms with Gasteiger partial charge in [-0.3, -0.25) is 4.79 Å². The molecule has 0 aliphatic heterocycles. The number of aryl methyl sites for hydroxylation is 1. The first-order valence-corrected chi connectivity index (χ1v) is 4.24. The second-order valence-corrected chi connectivity index (χ2v) is 2.28. The second kappa shape index (κ2) is 6.06. The summed E-state index contributed by atoms with van der Waals surface area (Å²) in [5.74, 6) is 0.0858. The van der Waals surface area contributed by atoms with Gasteiger partial charge in [0, 0.05) is 0 Å². The van der Waals surface area contributed by atoms with E-state index in [2.05, 4.69) is 5.32 Å². The first-order valence-electron chi connectivity index (χ1n) is 4.24. The van der Waals surface area contributed by atoms with Gasteiger partial charge in [0.1, 0.15) is 5.75 Å². The van der Waals surface area contributed by atoms with Gasteiger partial charge >= 0.3 is 0 Å². The number of hydrogen-bond acceptors (Lipinski definition) is 2. The highest BCUT2D eigenvalue weighted by molar-refractivity contribution is 5.75. The molecule has 0 aliphatic rings. The normalized spacial score (nSPS) is 8.23. The lowest BCUT2D eigenvalue weighted by atomic mass is 10.2. The summed E-state index contributed by atoms with van der Waals surface area (Å²) in [6, 6.07) is 5.01. The van der Waals surface area contributed by atoms with Crippen LogP contribution in [0.1, 0.15) is 19.4 Å². The maximum absolute atomic E-state index is 10.0. The van der Waals surface area contributed by atoms with Crippen molar-refractivity contribution in [1.82, 2.24) is 0 Å². The first kappa shape index (κ1) is 11.5. The monoisotopic (exact) mass is 181 g/mol. The topological polar surface area (TPSA) is 49.3 Å². The summed E-state index contributed by atoms with van der Waals surface area (Å²) in [7, 11) is 0. The van der Waals surface area contributed by atoms with Gasteiger partial charge in [0.2, 0.25) is 6.41 Å². The summed E-state index contributed by atoms with van der Waals surface area (Å²) in [4.78, 5) is 10.0. The van der Waals surface area contributed by atoms with Crippen LogP contribution in [-0.2, 0) is 4.79 Å². The molecule has 1 aromatic rings. The predicted molar refractivity (Wildman–Crippen MR) is 53.9 cm³/mol. The zero-order valence-electron chi connectivity index (χ0n) is 8.16. The smallest absolute Gasteiger partial charge is 0.211 e. The fraction of sp³-hybridized carbons (Fsp3) is 0.300. The lowest BCUT2D eigenvalue weighted by Gasteiger charge is -2.02. The highest BCUT2D eigenvalue weighted by atomic mass is 16.3. The number of amides is 1. The highest BCUT2D eigenvalue weighted by Crippen LogP contribution is 2.22. The number of hydrogen-bond donors (Lipinski definition) is 2. The van der Waals surface area contributed by atoms with E-state index in [9.17, 15) is 4.79 Å². The molecule has 3 heteroatoms. The first-order chi connectivity index (χ1) is 6.24. The van der Waals surface area contributed by atoms with Crippen LogP contribution in [0.15, 0.2) is 18.2 Å². The van der Waals surface area contributed by atoms with E-state index in [0.29, 0.717) is 12.1 Å². The molecule has 0 unspecified atom stereocenters. The van der Waals surface area contributed by atoms with Gasteiger partial charge in [0.05, 0.1) is 5.69 Å². The van der Waals surface area contributed by atoms with E-state index in [1.54, 1.807) is 18.2 Å². The van der Waals surface area contributed by atoms with Crippen molar-refractivity contribution < 1.29 is 9.90 Å². The number of aromatic hydroxyl groups is 1. The van der Waals surface area contributed by atoms with Crippen molar-refractivity contribution >= 4 is 12.1 Å². The molecule has 0 fully saturated rings. The Bertz CT molecular complexity index is 272. The molecule has 2 N–H and O–H groups in total. The molecule has 0 radical (unpaired) electrons. The molecule has 0 saturated carbocycles. The predicted octanol–water partition coefficient (Wildman–Crippen LogP) is 2.30. The molecule has 0 aliphatic carbocycles. The number of benzene rings is 1. The molecule has 0 aromatic heterocycles. The number of rotatable bonds is 2. The average Bonchev–Trinajstić information content (AvgIpc) is 2.15. The van der Waals surface area contributed by atoms with Gasteiger partial charge in [-0.05, 0) is 24.6 Å². The van der Waals surface area contributed by atoms with E-state index in [4.69, 9.17) is 5.11 Å². The SMILES string of the molecule is CC.Cc1ccc(O)c(NC=O)c1. The van der Waals surface area contributed by atoms with Crippen LogP contribution >= 0.6 is 0 Å². The maximum Gasteiger partial charge on any atom is 0.211 e. The number of nitrogens with one attached hydrogen (secondary N) is 1. The van der Waals surface area contributed by atoms with Crippen molar-refractivity contribution in [1.29, 1.82) is 0 Å². The van der Waals surface area contributed by atoms with Crippen LogP contribution in [0.25, 0.3) is 0 Å².